The van der Waals surface area contributed by atoms with Crippen LogP contribution in [0.3, 0.4) is 0 Å². The minimum atomic E-state index is -4.50. The number of likely N-dealkylation sites (tertiary alicyclic amines) is 1. The van der Waals surface area contributed by atoms with Gasteiger partial charge in [0.2, 0.25) is 0 Å². The van der Waals surface area contributed by atoms with Gasteiger partial charge in [-0.3, -0.25) is 14.3 Å². The Balaban J connectivity index is 1.53. The van der Waals surface area contributed by atoms with Gasteiger partial charge in [-0.15, -0.1) is 0 Å². The van der Waals surface area contributed by atoms with Crippen molar-refractivity contribution in [3.8, 4) is 0 Å². The van der Waals surface area contributed by atoms with Gasteiger partial charge in [-0.25, -0.2) is 9.97 Å². The first-order valence-corrected chi connectivity index (χ1v) is 10.7. The Morgan fingerprint density at radius 3 is 2.71 bits per heavy atom. The maximum Gasteiger partial charge on any atom is 0.406 e. The molecule has 0 saturated carbocycles. The highest BCUT2D eigenvalue weighted by Gasteiger charge is 2.35. The lowest BCUT2D eigenvalue weighted by atomic mass is 10.1. The average molecular weight is 431 g/mol. The third-order valence-corrected chi connectivity index (χ3v) is 6.21. The summed E-state index contributed by atoms with van der Waals surface area (Å²) in [5.41, 5.74) is 0.724. The fourth-order valence-electron chi connectivity index (χ4n) is 4.84. The number of hydrogen-bond donors (Lipinski definition) is 0. The minimum Gasteiger partial charge on any atom is -0.335 e. The van der Waals surface area contributed by atoms with E-state index >= 15 is 0 Å². The second-order valence-corrected chi connectivity index (χ2v) is 8.42. The van der Waals surface area contributed by atoms with Crippen LogP contribution in [0, 0.1) is 0 Å². The Morgan fingerprint density at radius 1 is 1.06 bits per heavy atom. The van der Waals surface area contributed by atoms with Crippen molar-refractivity contribution in [2.75, 3.05) is 6.54 Å². The molecule has 0 spiro atoms. The smallest absolute Gasteiger partial charge is 0.335 e. The lowest BCUT2D eigenvalue weighted by Gasteiger charge is -2.26. The molecule has 2 aliphatic heterocycles. The van der Waals surface area contributed by atoms with Gasteiger partial charge in [0.1, 0.15) is 18.2 Å². The Kier molecular flexibility index (Phi) is 5.08. The van der Waals surface area contributed by atoms with Crippen molar-refractivity contribution in [1.29, 1.82) is 0 Å². The van der Waals surface area contributed by atoms with Crippen molar-refractivity contribution in [3.05, 3.63) is 58.2 Å². The Morgan fingerprint density at radius 2 is 1.90 bits per heavy atom. The van der Waals surface area contributed by atoms with Crippen LogP contribution in [0.1, 0.15) is 49.1 Å². The van der Waals surface area contributed by atoms with Crippen molar-refractivity contribution < 1.29 is 13.2 Å². The maximum absolute atomic E-state index is 13.3. The van der Waals surface area contributed by atoms with Gasteiger partial charge in [-0.1, -0.05) is 12.1 Å². The van der Waals surface area contributed by atoms with Crippen LogP contribution in [0.4, 0.5) is 13.2 Å². The van der Waals surface area contributed by atoms with Crippen LogP contribution in [-0.4, -0.2) is 36.7 Å². The maximum atomic E-state index is 13.3. The number of rotatable bonds is 4. The molecule has 9 heteroatoms. The zero-order valence-electron chi connectivity index (χ0n) is 17.1. The molecule has 1 unspecified atom stereocenters. The fraction of sp³-hybridized carbons (Fsp3) is 0.500. The van der Waals surface area contributed by atoms with E-state index in [2.05, 4.69) is 20.6 Å². The molecule has 31 heavy (non-hydrogen) atoms. The summed E-state index contributed by atoms with van der Waals surface area (Å²) in [5, 5.41) is 0.210. The van der Waals surface area contributed by atoms with Crippen LogP contribution in [0.15, 0.2) is 35.3 Å². The number of imidazole rings is 1. The van der Waals surface area contributed by atoms with Crippen molar-refractivity contribution in [2.45, 2.75) is 64.0 Å². The lowest BCUT2D eigenvalue weighted by molar-refractivity contribution is -0.142. The van der Waals surface area contributed by atoms with Gasteiger partial charge < -0.3 is 4.57 Å². The molecule has 2 aromatic heterocycles. The molecule has 0 aliphatic carbocycles. The van der Waals surface area contributed by atoms with Crippen molar-refractivity contribution >= 4 is 10.9 Å². The molecule has 5 rings (SSSR count). The molecule has 4 heterocycles. The molecule has 0 radical (unpaired) electrons. The van der Waals surface area contributed by atoms with Crippen LogP contribution in [0.5, 0.6) is 0 Å². The van der Waals surface area contributed by atoms with E-state index in [0.29, 0.717) is 18.5 Å². The number of alkyl halides is 3. The minimum absolute atomic E-state index is 0.197. The summed E-state index contributed by atoms with van der Waals surface area (Å²) in [6.45, 7) is 0.909. The average Bonchev–Trinajstić information content (AvgIpc) is 3.35. The molecule has 1 aromatic carbocycles. The summed E-state index contributed by atoms with van der Waals surface area (Å²) < 4.78 is 43.0. The van der Waals surface area contributed by atoms with Gasteiger partial charge in [0, 0.05) is 25.7 Å². The highest BCUT2D eigenvalue weighted by molar-refractivity contribution is 5.77. The highest BCUT2D eigenvalue weighted by atomic mass is 19.4. The number of aryl methyl sites for hydroxylation is 2. The fourth-order valence-corrected chi connectivity index (χ4v) is 4.84. The van der Waals surface area contributed by atoms with Crippen molar-refractivity contribution in [2.24, 2.45) is 0 Å². The molecule has 0 amide bonds. The number of nitrogens with zero attached hydrogens (tertiary/aromatic N) is 5. The number of halogens is 3. The van der Waals surface area contributed by atoms with Gasteiger partial charge in [0.25, 0.3) is 5.56 Å². The van der Waals surface area contributed by atoms with Crippen LogP contribution in [0.25, 0.3) is 10.9 Å². The van der Waals surface area contributed by atoms with E-state index in [1.165, 1.54) is 6.07 Å². The van der Waals surface area contributed by atoms with Gasteiger partial charge in [-0.05, 0) is 44.4 Å². The summed E-state index contributed by atoms with van der Waals surface area (Å²) in [7, 11) is 0. The molecular formula is C22H24F3N5O. The first-order chi connectivity index (χ1) is 14.9. The highest BCUT2D eigenvalue weighted by Crippen LogP contribution is 2.33. The van der Waals surface area contributed by atoms with E-state index in [1.54, 1.807) is 18.2 Å². The van der Waals surface area contributed by atoms with Gasteiger partial charge in [0.15, 0.2) is 0 Å². The first-order valence-electron chi connectivity index (χ1n) is 10.7. The predicted octanol–water partition coefficient (Wildman–Crippen LogP) is 3.83. The monoisotopic (exact) mass is 431 g/mol. The van der Waals surface area contributed by atoms with Crippen LogP contribution in [0.2, 0.25) is 0 Å². The summed E-state index contributed by atoms with van der Waals surface area (Å²) in [4.78, 5) is 24.4. The molecule has 1 saturated heterocycles. The van der Waals surface area contributed by atoms with Crippen LogP contribution < -0.4 is 5.56 Å². The number of fused-ring (bicyclic) bond motifs is 2. The van der Waals surface area contributed by atoms with Crippen LogP contribution in [-0.2, 0) is 26.1 Å². The lowest BCUT2D eigenvalue weighted by Crippen LogP contribution is -2.35. The standard InChI is InChI=1S/C22H24F3N5O/c23-22(24,25)14-30-20(27-17-7-2-1-6-16(17)21(30)31)18-8-5-11-28(18)12-15-13-29-10-4-3-9-19(29)26-15/h1-2,6-7,13,18H,3-5,8-12,14H2. The Bertz CT molecular complexity index is 1140. The van der Waals surface area contributed by atoms with E-state index in [1.807, 2.05) is 0 Å². The quantitative estimate of drug-likeness (QED) is 0.630. The predicted molar refractivity (Wildman–Crippen MR) is 110 cm³/mol. The summed E-state index contributed by atoms with van der Waals surface area (Å²) in [6.07, 6.45) is 2.28. The molecule has 6 nitrogen and oxygen atoms in total. The molecule has 2 aliphatic rings. The number of hydrogen-bond acceptors (Lipinski definition) is 4. The van der Waals surface area contributed by atoms with Crippen molar-refractivity contribution in [3.63, 3.8) is 0 Å². The third-order valence-electron chi connectivity index (χ3n) is 6.21. The summed E-state index contributed by atoms with van der Waals surface area (Å²) >= 11 is 0. The third kappa shape index (κ3) is 3.98. The normalized spacial score (nSPS) is 19.8. The van der Waals surface area contributed by atoms with E-state index < -0.39 is 18.3 Å². The van der Waals surface area contributed by atoms with Crippen molar-refractivity contribution in [1.82, 2.24) is 24.0 Å². The molecule has 0 N–H and O–H groups in total. The van der Waals surface area contributed by atoms with E-state index in [4.69, 9.17) is 4.98 Å². The summed E-state index contributed by atoms with van der Waals surface area (Å²) in [6, 6.07) is 6.25. The molecule has 0 bridgehead atoms. The first kappa shape index (κ1) is 20.2. The van der Waals surface area contributed by atoms with Gasteiger partial charge in [-0.2, -0.15) is 13.2 Å². The van der Waals surface area contributed by atoms with Gasteiger partial charge >= 0.3 is 6.18 Å². The van der Waals surface area contributed by atoms with E-state index in [0.717, 1.165) is 54.9 Å². The second kappa shape index (κ2) is 7.78. The largest absolute Gasteiger partial charge is 0.406 e. The Hall–Kier alpha value is -2.68. The van der Waals surface area contributed by atoms with E-state index in [9.17, 15) is 18.0 Å². The van der Waals surface area contributed by atoms with E-state index in [-0.39, 0.29) is 17.3 Å². The van der Waals surface area contributed by atoms with Gasteiger partial charge in [0.05, 0.1) is 22.6 Å². The topological polar surface area (TPSA) is 56.0 Å². The molecule has 1 fully saturated rings. The summed E-state index contributed by atoms with van der Waals surface area (Å²) in [5.74, 6) is 1.28. The number of benzene rings is 1. The number of para-hydroxylation sites is 1. The second-order valence-electron chi connectivity index (χ2n) is 8.42. The van der Waals surface area contributed by atoms with Crippen LogP contribution >= 0.6 is 0 Å². The molecular weight excluding hydrogens is 407 g/mol. The number of aromatic nitrogens is 4. The SMILES string of the molecule is O=c1c2ccccc2nc(C2CCCN2Cc2cn3c(n2)CCCC3)n1CC(F)(F)F. The molecule has 164 valence electrons. The molecule has 3 aromatic rings. The zero-order chi connectivity index (χ0) is 21.6. The molecule has 1 atom stereocenters. The Labute approximate surface area is 177 Å². The zero-order valence-corrected chi connectivity index (χ0v) is 17.1.